The smallest absolute Gasteiger partial charge is 0.255 e. The molecular weight excluding hydrogens is 344 g/mol. The minimum absolute atomic E-state index is 0.107. The van der Waals surface area contributed by atoms with Gasteiger partial charge < -0.3 is 10.2 Å². The van der Waals surface area contributed by atoms with Gasteiger partial charge in [-0.15, -0.1) is 0 Å². The summed E-state index contributed by atoms with van der Waals surface area (Å²) in [7, 11) is 0. The quantitative estimate of drug-likeness (QED) is 0.791. The number of carbonyl (C=O) groups excluding carboxylic acids is 1. The molecule has 0 bridgehead atoms. The molecule has 4 heteroatoms. The summed E-state index contributed by atoms with van der Waals surface area (Å²) in [6.45, 7) is 2.57. The maximum atomic E-state index is 12.3. The maximum absolute atomic E-state index is 12.3. The van der Waals surface area contributed by atoms with Crippen molar-refractivity contribution in [1.82, 2.24) is 4.90 Å². The van der Waals surface area contributed by atoms with Crippen LogP contribution in [-0.2, 0) is 0 Å². The highest BCUT2D eigenvalue weighted by Crippen LogP contribution is 2.38. The minimum Gasteiger partial charge on any atom is -0.322 e. The summed E-state index contributed by atoms with van der Waals surface area (Å²) in [4.78, 5) is 15.0. The molecule has 2 fully saturated rings. The maximum Gasteiger partial charge on any atom is 0.255 e. The third kappa shape index (κ3) is 3.94. The van der Waals surface area contributed by atoms with Crippen LogP contribution < -0.4 is 5.32 Å². The van der Waals surface area contributed by atoms with E-state index >= 15 is 0 Å². The predicted molar refractivity (Wildman–Crippen MR) is 107 cm³/mol. The number of anilines is 1. The van der Waals surface area contributed by atoms with Crippen molar-refractivity contribution >= 4 is 23.2 Å². The summed E-state index contributed by atoms with van der Waals surface area (Å²) in [6, 6.07) is 16.1. The van der Waals surface area contributed by atoms with Gasteiger partial charge in [0.1, 0.15) is 0 Å². The lowest BCUT2D eigenvalue weighted by Gasteiger charge is -2.23. The molecule has 2 aromatic rings. The zero-order valence-electron chi connectivity index (χ0n) is 15.0. The molecule has 1 saturated carbocycles. The highest BCUT2D eigenvalue weighted by Gasteiger charge is 2.31. The average molecular weight is 369 g/mol. The van der Waals surface area contributed by atoms with E-state index in [4.69, 9.17) is 11.6 Å². The number of nitrogens with zero attached hydrogens (tertiary/aromatic N) is 1. The molecule has 4 rings (SSSR count). The van der Waals surface area contributed by atoms with Crippen LogP contribution >= 0.6 is 11.6 Å². The van der Waals surface area contributed by atoms with Crippen LogP contribution in [-0.4, -0.2) is 29.9 Å². The average Bonchev–Trinajstić information content (AvgIpc) is 3.34. The Morgan fingerprint density at radius 3 is 2.35 bits per heavy atom. The zero-order valence-corrected chi connectivity index (χ0v) is 15.7. The van der Waals surface area contributed by atoms with Gasteiger partial charge in [-0.05, 0) is 93.1 Å². The molecule has 26 heavy (non-hydrogen) atoms. The van der Waals surface area contributed by atoms with Crippen molar-refractivity contribution in [3.63, 3.8) is 0 Å². The molecular formula is C22H25ClN2O. The van der Waals surface area contributed by atoms with Gasteiger partial charge in [-0.25, -0.2) is 0 Å². The Kier molecular flexibility index (Phi) is 5.28. The first-order valence-electron chi connectivity index (χ1n) is 9.60. The van der Waals surface area contributed by atoms with Gasteiger partial charge >= 0.3 is 0 Å². The van der Waals surface area contributed by atoms with Gasteiger partial charge in [0.05, 0.1) is 0 Å². The van der Waals surface area contributed by atoms with Crippen LogP contribution in [0.4, 0.5) is 5.69 Å². The van der Waals surface area contributed by atoms with E-state index in [9.17, 15) is 4.79 Å². The van der Waals surface area contributed by atoms with E-state index in [-0.39, 0.29) is 5.91 Å². The second kappa shape index (κ2) is 7.81. The van der Waals surface area contributed by atoms with Crippen LogP contribution in [0.5, 0.6) is 0 Å². The Hall–Kier alpha value is -1.84. The Labute approximate surface area is 160 Å². The van der Waals surface area contributed by atoms with Crippen LogP contribution in [0.3, 0.4) is 0 Å². The molecule has 3 nitrogen and oxygen atoms in total. The van der Waals surface area contributed by atoms with Crippen molar-refractivity contribution in [3.05, 3.63) is 64.7 Å². The largest absolute Gasteiger partial charge is 0.322 e. The first-order valence-corrected chi connectivity index (χ1v) is 9.98. The highest BCUT2D eigenvalue weighted by molar-refractivity contribution is 6.30. The number of amides is 1. The summed E-state index contributed by atoms with van der Waals surface area (Å²) in [5, 5.41) is 3.59. The van der Waals surface area contributed by atoms with Crippen LogP contribution in [0.15, 0.2) is 48.5 Å². The lowest BCUT2D eigenvalue weighted by molar-refractivity contribution is 0.102. The number of hydrogen-bond donors (Lipinski definition) is 1. The van der Waals surface area contributed by atoms with Crippen LogP contribution in [0.1, 0.15) is 53.9 Å². The molecule has 136 valence electrons. The SMILES string of the molecule is O=C(Nc1ccc(C2CCC(N3CCCC3)C2)cc1)c1ccc(Cl)cc1. The van der Waals surface area contributed by atoms with Gasteiger partial charge in [0.2, 0.25) is 0 Å². The molecule has 1 saturated heterocycles. The van der Waals surface area contributed by atoms with E-state index in [0.717, 1.165) is 11.7 Å². The topological polar surface area (TPSA) is 32.3 Å². The Bertz CT molecular complexity index is 751. The van der Waals surface area contributed by atoms with Gasteiger partial charge in [-0.3, -0.25) is 4.79 Å². The fourth-order valence-electron chi connectivity index (χ4n) is 4.34. The van der Waals surface area contributed by atoms with Crippen molar-refractivity contribution in [2.45, 2.75) is 44.1 Å². The third-order valence-electron chi connectivity index (χ3n) is 5.81. The van der Waals surface area contributed by atoms with Crippen molar-refractivity contribution in [2.24, 2.45) is 0 Å². The van der Waals surface area contributed by atoms with E-state index in [1.807, 2.05) is 12.1 Å². The summed E-state index contributed by atoms with van der Waals surface area (Å²) in [6.07, 6.45) is 6.60. The number of hydrogen-bond acceptors (Lipinski definition) is 2. The number of nitrogens with one attached hydrogen (secondary N) is 1. The Morgan fingerprint density at radius 2 is 1.65 bits per heavy atom. The number of likely N-dealkylation sites (tertiary alicyclic amines) is 1. The number of halogens is 1. The first-order chi connectivity index (χ1) is 12.7. The lowest BCUT2D eigenvalue weighted by Crippen LogP contribution is -2.30. The molecule has 2 aromatic carbocycles. The lowest BCUT2D eigenvalue weighted by atomic mass is 9.97. The molecule has 1 amide bonds. The number of carbonyl (C=O) groups is 1. The van der Waals surface area contributed by atoms with Crippen LogP contribution in [0.2, 0.25) is 5.02 Å². The second-order valence-electron chi connectivity index (χ2n) is 7.49. The van der Waals surface area contributed by atoms with Gasteiger partial charge in [0, 0.05) is 22.3 Å². The van der Waals surface area contributed by atoms with Gasteiger partial charge in [0.25, 0.3) is 5.91 Å². The molecule has 1 aliphatic carbocycles. The molecule has 1 aliphatic heterocycles. The van der Waals surface area contributed by atoms with Gasteiger partial charge in [-0.2, -0.15) is 0 Å². The summed E-state index contributed by atoms with van der Waals surface area (Å²) < 4.78 is 0. The first kappa shape index (κ1) is 17.6. The van der Waals surface area contributed by atoms with Crippen LogP contribution in [0.25, 0.3) is 0 Å². The summed E-state index contributed by atoms with van der Waals surface area (Å²) in [5.74, 6) is 0.547. The highest BCUT2D eigenvalue weighted by atomic mass is 35.5. The zero-order chi connectivity index (χ0) is 17.9. The van der Waals surface area contributed by atoms with Crippen molar-refractivity contribution in [1.29, 1.82) is 0 Å². The molecule has 0 aromatic heterocycles. The fourth-order valence-corrected chi connectivity index (χ4v) is 4.47. The Morgan fingerprint density at radius 1 is 0.962 bits per heavy atom. The monoisotopic (exact) mass is 368 g/mol. The van der Waals surface area contributed by atoms with E-state index in [2.05, 4.69) is 22.3 Å². The predicted octanol–water partition coefficient (Wildman–Crippen LogP) is 5.32. The minimum atomic E-state index is -0.107. The van der Waals surface area contributed by atoms with Gasteiger partial charge in [0.15, 0.2) is 0 Å². The number of benzene rings is 2. The molecule has 0 spiro atoms. The van der Waals surface area contributed by atoms with Gasteiger partial charge in [-0.1, -0.05) is 23.7 Å². The Balaban J connectivity index is 1.36. The van der Waals surface area contributed by atoms with E-state index in [1.54, 1.807) is 24.3 Å². The van der Waals surface area contributed by atoms with E-state index in [1.165, 1.54) is 50.8 Å². The summed E-state index contributed by atoms with van der Waals surface area (Å²) >= 11 is 5.87. The normalized spacial score (nSPS) is 23.3. The van der Waals surface area contributed by atoms with Crippen LogP contribution in [0, 0.1) is 0 Å². The summed E-state index contributed by atoms with van der Waals surface area (Å²) in [5.41, 5.74) is 2.85. The molecule has 2 atom stereocenters. The van der Waals surface area contributed by atoms with E-state index < -0.39 is 0 Å². The van der Waals surface area contributed by atoms with Crippen molar-refractivity contribution < 1.29 is 4.79 Å². The molecule has 1 heterocycles. The standard InChI is InChI=1S/C22H25ClN2O/c23-19-8-3-17(4-9-19)22(26)24-20-10-5-16(6-11-20)18-7-12-21(15-18)25-13-1-2-14-25/h3-6,8-11,18,21H,1-2,7,12-15H2,(H,24,26). The van der Waals surface area contributed by atoms with Crippen molar-refractivity contribution in [3.8, 4) is 0 Å². The molecule has 2 aliphatic rings. The second-order valence-corrected chi connectivity index (χ2v) is 7.93. The van der Waals surface area contributed by atoms with Crippen molar-refractivity contribution in [2.75, 3.05) is 18.4 Å². The number of rotatable bonds is 4. The molecule has 1 N–H and O–H groups in total. The van der Waals surface area contributed by atoms with E-state index in [0.29, 0.717) is 16.5 Å². The molecule has 0 radical (unpaired) electrons. The molecule has 2 unspecified atom stereocenters. The third-order valence-corrected chi connectivity index (χ3v) is 6.06. The fraction of sp³-hybridized carbons (Fsp3) is 0.409.